The Kier molecular flexibility index (Phi) is 3.97. The lowest BCUT2D eigenvalue weighted by atomic mass is 9.94. The number of nitrogens with one attached hydrogen (secondary N) is 1. The first-order valence-corrected chi connectivity index (χ1v) is 6.41. The molecule has 0 radical (unpaired) electrons. The molecule has 2 rings (SSSR count). The van der Waals surface area contributed by atoms with Crippen LogP contribution in [0.2, 0.25) is 5.02 Å². The lowest BCUT2D eigenvalue weighted by Gasteiger charge is -2.19. The van der Waals surface area contributed by atoms with E-state index in [1.165, 1.54) is 6.07 Å². The Hall–Kier alpha value is -1.27. The van der Waals surface area contributed by atoms with E-state index in [2.05, 4.69) is 5.32 Å². The van der Waals surface area contributed by atoms with Crippen LogP contribution in [0.3, 0.4) is 0 Å². The summed E-state index contributed by atoms with van der Waals surface area (Å²) in [5.74, 6) is -0.556. The molecule has 20 heavy (non-hydrogen) atoms. The lowest BCUT2D eigenvalue weighted by Crippen LogP contribution is -2.34. The summed E-state index contributed by atoms with van der Waals surface area (Å²) in [7, 11) is 0. The van der Waals surface area contributed by atoms with Gasteiger partial charge in [-0.25, -0.2) is 0 Å². The van der Waals surface area contributed by atoms with E-state index in [1.807, 2.05) is 0 Å². The topological polar surface area (TPSA) is 49.3 Å². The fourth-order valence-electron chi connectivity index (χ4n) is 2.12. The van der Waals surface area contributed by atoms with Gasteiger partial charge in [-0.3, -0.25) is 4.79 Å². The zero-order valence-corrected chi connectivity index (χ0v) is 11.2. The fraction of sp³-hybridized carbons (Fsp3) is 0.462. The molecule has 1 aliphatic carbocycles. The maximum absolute atomic E-state index is 12.7. The van der Waals surface area contributed by atoms with Crippen molar-refractivity contribution >= 4 is 17.5 Å². The molecular formula is C13H13ClF3NO2. The molecule has 7 heteroatoms. The predicted molar refractivity (Wildman–Crippen MR) is 67.5 cm³/mol. The number of alkyl halides is 3. The fourth-order valence-corrected chi connectivity index (χ4v) is 2.44. The van der Waals surface area contributed by atoms with E-state index in [9.17, 15) is 18.0 Å². The number of aliphatic hydroxyl groups excluding tert-OH is 1. The molecule has 1 amide bonds. The number of rotatable bonds is 4. The zero-order valence-electron chi connectivity index (χ0n) is 10.4. The van der Waals surface area contributed by atoms with Gasteiger partial charge in [0.05, 0.1) is 5.56 Å². The van der Waals surface area contributed by atoms with Gasteiger partial charge in [0.15, 0.2) is 0 Å². The standard InChI is InChI=1S/C13H13ClF3NO2/c14-10-2-1-8(13(15,16)17)5-9(10)12(3-4-12)7-18-11(20)6-19/h1-2,5,19H,3-4,6-7H2,(H,18,20). The summed E-state index contributed by atoms with van der Waals surface area (Å²) in [6, 6.07) is 3.21. The van der Waals surface area contributed by atoms with Crippen LogP contribution in [-0.4, -0.2) is 24.2 Å². The second-order valence-corrected chi connectivity index (χ2v) is 5.31. The van der Waals surface area contributed by atoms with Gasteiger partial charge in [-0.2, -0.15) is 13.2 Å². The van der Waals surface area contributed by atoms with Crippen LogP contribution in [0.25, 0.3) is 0 Å². The largest absolute Gasteiger partial charge is 0.416 e. The summed E-state index contributed by atoms with van der Waals surface area (Å²) in [6.45, 7) is -0.472. The minimum Gasteiger partial charge on any atom is -0.387 e. The van der Waals surface area contributed by atoms with Crippen LogP contribution in [0.4, 0.5) is 13.2 Å². The van der Waals surface area contributed by atoms with Gasteiger partial charge in [-0.1, -0.05) is 11.6 Å². The molecule has 0 saturated heterocycles. The maximum Gasteiger partial charge on any atom is 0.416 e. The number of carbonyl (C=O) groups excluding carboxylic acids is 1. The van der Waals surface area contributed by atoms with Gasteiger partial charge in [-0.15, -0.1) is 0 Å². The molecule has 1 aromatic carbocycles. The number of aliphatic hydroxyl groups is 1. The highest BCUT2D eigenvalue weighted by Gasteiger charge is 2.46. The molecule has 0 spiro atoms. The van der Waals surface area contributed by atoms with Crippen molar-refractivity contribution in [1.82, 2.24) is 5.32 Å². The van der Waals surface area contributed by atoms with E-state index in [1.54, 1.807) is 0 Å². The first kappa shape index (κ1) is 15.1. The van der Waals surface area contributed by atoms with Crippen molar-refractivity contribution < 1.29 is 23.1 Å². The highest BCUT2D eigenvalue weighted by atomic mass is 35.5. The molecule has 3 nitrogen and oxygen atoms in total. The molecule has 110 valence electrons. The van der Waals surface area contributed by atoms with Crippen molar-refractivity contribution in [2.24, 2.45) is 0 Å². The van der Waals surface area contributed by atoms with Gasteiger partial charge < -0.3 is 10.4 Å². The molecule has 0 aliphatic heterocycles. The van der Waals surface area contributed by atoms with Crippen molar-refractivity contribution in [2.45, 2.75) is 24.4 Å². The summed E-state index contributed by atoms with van der Waals surface area (Å²) in [4.78, 5) is 11.1. The van der Waals surface area contributed by atoms with Crippen LogP contribution in [0.1, 0.15) is 24.0 Å². The Balaban J connectivity index is 2.25. The average Bonchev–Trinajstić information content (AvgIpc) is 3.16. The van der Waals surface area contributed by atoms with Crippen LogP contribution in [0, 0.1) is 0 Å². The Morgan fingerprint density at radius 2 is 2.05 bits per heavy atom. The molecular weight excluding hydrogens is 295 g/mol. The Labute approximate surface area is 118 Å². The SMILES string of the molecule is O=C(CO)NCC1(c2cc(C(F)(F)F)ccc2Cl)CC1. The van der Waals surface area contributed by atoms with Gasteiger partial charge in [-0.05, 0) is 36.6 Å². The second-order valence-electron chi connectivity index (χ2n) is 4.91. The number of amides is 1. The molecule has 1 aliphatic rings. The third-order valence-corrected chi connectivity index (χ3v) is 3.82. The Bertz CT molecular complexity index is 527. The molecule has 1 saturated carbocycles. The predicted octanol–water partition coefficient (Wildman–Crippen LogP) is 2.50. The third-order valence-electron chi connectivity index (χ3n) is 3.49. The van der Waals surface area contributed by atoms with Crippen molar-refractivity contribution in [3.63, 3.8) is 0 Å². The van der Waals surface area contributed by atoms with E-state index in [4.69, 9.17) is 16.7 Å². The molecule has 1 fully saturated rings. The van der Waals surface area contributed by atoms with E-state index in [-0.39, 0.29) is 11.6 Å². The van der Waals surface area contributed by atoms with Crippen molar-refractivity contribution in [2.75, 3.05) is 13.2 Å². The Morgan fingerprint density at radius 3 is 2.55 bits per heavy atom. The van der Waals surface area contributed by atoms with E-state index in [0.717, 1.165) is 12.1 Å². The quantitative estimate of drug-likeness (QED) is 0.898. The van der Waals surface area contributed by atoms with Gasteiger partial charge in [0.25, 0.3) is 0 Å². The normalized spacial score (nSPS) is 16.9. The van der Waals surface area contributed by atoms with Crippen LogP contribution in [0.15, 0.2) is 18.2 Å². The summed E-state index contributed by atoms with van der Waals surface area (Å²) >= 11 is 5.99. The Morgan fingerprint density at radius 1 is 1.40 bits per heavy atom. The third kappa shape index (κ3) is 3.07. The van der Waals surface area contributed by atoms with Gasteiger partial charge in [0, 0.05) is 17.0 Å². The van der Waals surface area contributed by atoms with Crippen molar-refractivity contribution in [1.29, 1.82) is 0 Å². The number of hydrogen-bond donors (Lipinski definition) is 2. The second kappa shape index (κ2) is 5.26. The van der Waals surface area contributed by atoms with E-state index < -0.39 is 29.7 Å². The highest BCUT2D eigenvalue weighted by Crippen LogP contribution is 2.51. The number of hydrogen-bond acceptors (Lipinski definition) is 2. The van der Waals surface area contributed by atoms with E-state index in [0.29, 0.717) is 18.4 Å². The van der Waals surface area contributed by atoms with Gasteiger partial charge in [0.1, 0.15) is 6.61 Å². The summed E-state index contributed by atoms with van der Waals surface area (Å²) < 4.78 is 38.2. The molecule has 0 unspecified atom stereocenters. The maximum atomic E-state index is 12.7. The summed E-state index contributed by atoms with van der Waals surface area (Å²) in [5.41, 5.74) is -0.910. The van der Waals surface area contributed by atoms with Crippen molar-refractivity contribution in [3.8, 4) is 0 Å². The van der Waals surface area contributed by atoms with Gasteiger partial charge in [0.2, 0.25) is 5.91 Å². The molecule has 1 aromatic rings. The number of carbonyl (C=O) groups is 1. The molecule has 0 atom stereocenters. The van der Waals surface area contributed by atoms with Crippen LogP contribution in [0.5, 0.6) is 0 Å². The minimum absolute atomic E-state index is 0.174. The average molecular weight is 308 g/mol. The highest BCUT2D eigenvalue weighted by molar-refractivity contribution is 6.31. The van der Waals surface area contributed by atoms with Crippen molar-refractivity contribution in [3.05, 3.63) is 34.3 Å². The van der Waals surface area contributed by atoms with Crippen LogP contribution in [-0.2, 0) is 16.4 Å². The smallest absolute Gasteiger partial charge is 0.387 e. The van der Waals surface area contributed by atoms with Gasteiger partial charge >= 0.3 is 6.18 Å². The zero-order chi connectivity index (χ0) is 15.0. The number of halogens is 4. The van der Waals surface area contributed by atoms with Crippen LogP contribution < -0.4 is 5.32 Å². The lowest BCUT2D eigenvalue weighted by molar-refractivity contribution is -0.137. The summed E-state index contributed by atoms with van der Waals surface area (Å²) in [5, 5.41) is 11.4. The van der Waals surface area contributed by atoms with E-state index >= 15 is 0 Å². The monoisotopic (exact) mass is 307 g/mol. The summed E-state index contributed by atoms with van der Waals surface area (Å²) in [6.07, 6.45) is -3.12. The molecule has 0 aromatic heterocycles. The van der Waals surface area contributed by atoms with Crippen LogP contribution >= 0.6 is 11.6 Å². The number of benzene rings is 1. The molecule has 0 bridgehead atoms. The molecule has 0 heterocycles. The minimum atomic E-state index is -4.43. The first-order chi connectivity index (χ1) is 9.28. The molecule has 2 N–H and O–H groups in total. The first-order valence-electron chi connectivity index (χ1n) is 6.03.